The maximum absolute atomic E-state index is 11.9. The molecule has 1 aliphatic rings. The van der Waals surface area contributed by atoms with E-state index in [9.17, 15) is 4.79 Å². The van der Waals surface area contributed by atoms with Crippen LogP contribution in [0.1, 0.15) is 9.67 Å². The van der Waals surface area contributed by atoms with Crippen molar-refractivity contribution in [3.63, 3.8) is 0 Å². The van der Waals surface area contributed by atoms with Crippen LogP contribution in [0, 0.1) is 0 Å². The van der Waals surface area contributed by atoms with Crippen molar-refractivity contribution in [1.29, 1.82) is 0 Å². The monoisotopic (exact) mass is 280 g/mol. The van der Waals surface area contributed by atoms with Crippen LogP contribution in [0.25, 0.3) is 0 Å². The van der Waals surface area contributed by atoms with E-state index in [4.69, 9.17) is 5.73 Å². The lowest BCUT2D eigenvalue weighted by molar-refractivity contribution is 0.0963. The lowest BCUT2D eigenvalue weighted by Gasteiger charge is -2.32. The van der Waals surface area contributed by atoms with E-state index in [0.29, 0.717) is 17.1 Å². The smallest absolute Gasteiger partial charge is 0.263 e. The minimum atomic E-state index is -0.122. The largest absolute Gasteiger partial charge is 0.397 e. The number of amides is 1. The van der Waals surface area contributed by atoms with Crippen LogP contribution in [0.4, 0.5) is 10.7 Å². The Morgan fingerprint density at radius 1 is 1.53 bits per heavy atom. The van der Waals surface area contributed by atoms with Crippen molar-refractivity contribution < 1.29 is 4.79 Å². The Morgan fingerprint density at radius 2 is 2.21 bits per heavy atom. The van der Waals surface area contributed by atoms with Gasteiger partial charge >= 0.3 is 0 Å². The number of hydrogen-bond donors (Lipinski definition) is 2. The summed E-state index contributed by atoms with van der Waals surface area (Å²) in [6.07, 6.45) is 1.66. The van der Waals surface area contributed by atoms with Crippen LogP contribution < -0.4 is 16.0 Å². The predicted molar refractivity (Wildman–Crippen MR) is 81.0 cm³/mol. The molecule has 0 aromatic carbocycles. The number of nitrogens with zero attached hydrogens (tertiary/aromatic N) is 2. The highest BCUT2D eigenvalue weighted by Gasteiger charge is 2.20. The molecule has 2 rings (SSSR count). The average molecular weight is 280 g/mol. The number of thiophene rings is 1. The van der Waals surface area contributed by atoms with Crippen molar-refractivity contribution in [1.82, 2.24) is 10.2 Å². The molecule has 1 aliphatic heterocycles. The van der Waals surface area contributed by atoms with Gasteiger partial charge in [0.15, 0.2) is 0 Å². The first-order chi connectivity index (χ1) is 9.11. The zero-order valence-corrected chi connectivity index (χ0v) is 12.0. The van der Waals surface area contributed by atoms with Crippen LogP contribution in [0.15, 0.2) is 18.7 Å². The quantitative estimate of drug-likeness (QED) is 0.808. The molecular weight excluding hydrogens is 260 g/mol. The second-order valence-electron chi connectivity index (χ2n) is 4.66. The summed E-state index contributed by atoms with van der Waals surface area (Å²) in [6.45, 7) is 8.07. The van der Waals surface area contributed by atoms with Crippen LogP contribution in [-0.2, 0) is 0 Å². The maximum Gasteiger partial charge on any atom is 0.263 e. The molecule has 1 amide bonds. The molecule has 104 valence electrons. The van der Waals surface area contributed by atoms with Gasteiger partial charge in [0, 0.05) is 32.7 Å². The van der Waals surface area contributed by atoms with Crippen molar-refractivity contribution in [3.05, 3.63) is 23.6 Å². The van der Waals surface area contributed by atoms with E-state index in [2.05, 4.69) is 28.7 Å². The van der Waals surface area contributed by atoms with Gasteiger partial charge in [-0.1, -0.05) is 6.08 Å². The number of rotatable bonds is 4. The van der Waals surface area contributed by atoms with E-state index in [1.54, 1.807) is 6.08 Å². The van der Waals surface area contributed by atoms with Crippen LogP contribution in [0.3, 0.4) is 0 Å². The minimum absolute atomic E-state index is 0.122. The highest BCUT2D eigenvalue weighted by atomic mass is 32.1. The number of nitrogen functional groups attached to an aromatic ring is 1. The molecule has 0 radical (unpaired) electrons. The normalized spacial score (nSPS) is 16.4. The Bertz CT molecular complexity index is 463. The highest BCUT2D eigenvalue weighted by molar-refractivity contribution is 7.18. The number of nitrogens with one attached hydrogen (secondary N) is 1. The van der Waals surface area contributed by atoms with E-state index in [1.165, 1.54) is 11.3 Å². The van der Waals surface area contributed by atoms with Gasteiger partial charge in [-0.25, -0.2) is 0 Å². The molecule has 1 aromatic heterocycles. The van der Waals surface area contributed by atoms with Crippen LogP contribution in [0.2, 0.25) is 0 Å². The Hall–Kier alpha value is -1.53. The van der Waals surface area contributed by atoms with E-state index < -0.39 is 0 Å². The van der Waals surface area contributed by atoms with Gasteiger partial charge in [-0.2, -0.15) is 0 Å². The fourth-order valence-electron chi connectivity index (χ4n) is 2.00. The molecule has 2 heterocycles. The summed E-state index contributed by atoms with van der Waals surface area (Å²) in [5.41, 5.74) is 6.49. The number of piperazine rings is 1. The number of carbonyl (C=O) groups excluding carboxylic acids is 1. The Balaban J connectivity index is 2.07. The van der Waals surface area contributed by atoms with Crippen LogP contribution in [0.5, 0.6) is 0 Å². The zero-order valence-electron chi connectivity index (χ0n) is 11.2. The van der Waals surface area contributed by atoms with E-state index in [-0.39, 0.29) is 5.91 Å². The Kier molecular flexibility index (Phi) is 4.44. The third kappa shape index (κ3) is 3.27. The Morgan fingerprint density at radius 3 is 2.84 bits per heavy atom. The summed E-state index contributed by atoms with van der Waals surface area (Å²) >= 11 is 1.46. The molecule has 1 aromatic rings. The molecule has 1 fully saturated rings. The SMILES string of the molecule is C=CCNC(=O)c1sc(N2CCN(C)CC2)cc1N. The molecule has 0 unspecified atom stereocenters. The summed E-state index contributed by atoms with van der Waals surface area (Å²) < 4.78 is 0. The summed E-state index contributed by atoms with van der Waals surface area (Å²) in [6, 6.07) is 1.90. The van der Waals surface area contributed by atoms with Gasteiger partial charge in [-0.15, -0.1) is 17.9 Å². The first kappa shape index (κ1) is 13.9. The van der Waals surface area contributed by atoms with E-state index in [1.807, 2.05) is 6.07 Å². The van der Waals surface area contributed by atoms with E-state index in [0.717, 1.165) is 31.2 Å². The van der Waals surface area contributed by atoms with Gasteiger partial charge in [0.1, 0.15) is 4.88 Å². The molecule has 3 N–H and O–H groups in total. The van der Waals surface area contributed by atoms with Crippen LogP contribution in [-0.4, -0.2) is 50.6 Å². The molecule has 6 heteroatoms. The second kappa shape index (κ2) is 6.08. The molecule has 0 atom stereocenters. The van der Waals surface area contributed by atoms with Gasteiger partial charge in [0.25, 0.3) is 5.91 Å². The molecule has 19 heavy (non-hydrogen) atoms. The number of hydrogen-bond acceptors (Lipinski definition) is 5. The first-order valence-corrected chi connectivity index (χ1v) is 7.15. The van der Waals surface area contributed by atoms with Gasteiger partial charge in [-0.05, 0) is 13.1 Å². The molecule has 0 aliphatic carbocycles. The Labute approximate surface area is 117 Å². The number of carbonyl (C=O) groups is 1. The third-order valence-electron chi connectivity index (χ3n) is 3.18. The molecule has 5 nitrogen and oxygen atoms in total. The molecular formula is C13H20N4OS. The molecule has 1 saturated heterocycles. The molecule has 0 spiro atoms. The van der Waals surface area contributed by atoms with E-state index >= 15 is 0 Å². The number of likely N-dealkylation sites (N-methyl/N-ethyl adjacent to an activating group) is 1. The summed E-state index contributed by atoms with van der Waals surface area (Å²) in [5, 5.41) is 3.84. The lowest BCUT2D eigenvalue weighted by atomic mass is 10.3. The maximum atomic E-state index is 11.9. The van der Waals surface area contributed by atoms with Crippen molar-refractivity contribution in [3.8, 4) is 0 Å². The van der Waals surface area contributed by atoms with Crippen molar-refractivity contribution in [2.75, 3.05) is 50.4 Å². The second-order valence-corrected chi connectivity index (χ2v) is 5.69. The van der Waals surface area contributed by atoms with Gasteiger partial charge in [-0.3, -0.25) is 4.79 Å². The summed E-state index contributed by atoms with van der Waals surface area (Å²) in [4.78, 5) is 17.1. The fraction of sp³-hybridized carbons (Fsp3) is 0.462. The van der Waals surface area contributed by atoms with Crippen molar-refractivity contribution in [2.45, 2.75) is 0 Å². The predicted octanol–water partition coefficient (Wildman–Crippen LogP) is 0.998. The minimum Gasteiger partial charge on any atom is -0.397 e. The molecule has 0 bridgehead atoms. The fourth-order valence-corrected chi connectivity index (χ4v) is 3.05. The third-order valence-corrected chi connectivity index (χ3v) is 4.39. The highest BCUT2D eigenvalue weighted by Crippen LogP contribution is 2.32. The van der Waals surface area contributed by atoms with Gasteiger partial charge < -0.3 is 20.9 Å². The first-order valence-electron chi connectivity index (χ1n) is 6.33. The average Bonchev–Trinajstić information content (AvgIpc) is 2.79. The van der Waals surface area contributed by atoms with Crippen molar-refractivity contribution >= 4 is 27.9 Å². The number of nitrogens with two attached hydrogens (primary N) is 1. The summed E-state index contributed by atoms with van der Waals surface area (Å²) in [7, 11) is 2.12. The standard InChI is InChI=1S/C13H20N4OS/c1-3-4-15-13(18)12-10(14)9-11(19-12)17-7-5-16(2)6-8-17/h3,9H,1,4-8,14H2,2H3,(H,15,18). The summed E-state index contributed by atoms with van der Waals surface area (Å²) in [5.74, 6) is -0.122. The molecule has 0 saturated carbocycles. The van der Waals surface area contributed by atoms with Gasteiger partial charge in [0.2, 0.25) is 0 Å². The topological polar surface area (TPSA) is 61.6 Å². The zero-order chi connectivity index (χ0) is 13.8. The van der Waals surface area contributed by atoms with Gasteiger partial charge in [0.05, 0.1) is 10.7 Å². The number of anilines is 2. The van der Waals surface area contributed by atoms with Crippen LogP contribution >= 0.6 is 11.3 Å². The lowest BCUT2D eigenvalue weighted by Crippen LogP contribution is -2.44. The van der Waals surface area contributed by atoms with Crippen molar-refractivity contribution in [2.24, 2.45) is 0 Å².